The molecule has 0 radical (unpaired) electrons. The number of fused-ring (bicyclic) bond motifs is 2. The number of anilines is 5. The third-order valence-corrected chi connectivity index (χ3v) is 8.61. The number of nitrogens with one attached hydrogen (secondary N) is 5. The lowest BCUT2D eigenvalue weighted by molar-refractivity contribution is 0.0240. The molecule has 2 aromatic carbocycles. The number of H-pyrrole nitrogens is 1. The predicted octanol–water partition coefficient (Wildman–Crippen LogP) is 5.42. The number of carbonyl (C=O) groups is 2. The van der Waals surface area contributed by atoms with Gasteiger partial charge in [0.05, 0.1) is 34.3 Å². The summed E-state index contributed by atoms with van der Waals surface area (Å²) in [6, 6.07) is 10.0. The summed E-state index contributed by atoms with van der Waals surface area (Å²) < 4.78 is 7.82. The Labute approximate surface area is 261 Å². The first kappa shape index (κ1) is 28.8. The second-order valence-electron chi connectivity index (χ2n) is 13.0. The molecule has 13 nitrogen and oxygen atoms in total. The van der Waals surface area contributed by atoms with Gasteiger partial charge in [-0.2, -0.15) is 5.10 Å². The molecule has 2 fully saturated rings. The Morgan fingerprint density at radius 1 is 1.00 bits per heavy atom. The first-order chi connectivity index (χ1) is 21.7. The number of piperazine rings is 1. The molecule has 4 aromatic rings. The third-order valence-electron chi connectivity index (χ3n) is 8.61. The summed E-state index contributed by atoms with van der Waals surface area (Å²) in [7, 11) is 0. The van der Waals surface area contributed by atoms with Crippen LogP contribution in [0.1, 0.15) is 62.9 Å². The summed E-state index contributed by atoms with van der Waals surface area (Å²) in [5.41, 5.74) is 3.98. The number of carbonyl (C=O) groups excluding carboxylic acids is 2. The monoisotopic (exact) mass is 612 g/mol. The molecule has 0 bridgehead atoms. The second kappa shape index (κ2) is 11.5. The van der Waals surface area contributed by atoms with Gasteiger partial charge in [0.25, 0.3) is 5.91 Å². The topological polar surface area (TPSA) is 144 Å². The van der Waals surface area contributed by atoms with E-state index in [1.165, 1.54) is 12.8 Å². The van der Waals surface area contributed by atoms with Crippen molar-refractivity contribution in [3.05, 3.63) is 54.5 Å². The molecular formula is C32H40N10O3. The largest absolute Gasteiger partial charge is 0.444 e. The number of hydrogen-bond donors (Lipinski definition) is 5. The fourth-order valence-electron chi connectivity index (χ4n) is 6.39. The van der Waals surface area contributed by atoms with Crippen molar-refractivity contribution in [2.75, 3.05) is 52.3 Å². The highest BCUT2D eigenvalue weighted by molar-refractivity contribution is 6.10. The maximum absolute atomic E-state index is 13.9. The maximum atomic E-state index is 13.9. The van der Waals surface area contributed by atoms with Gasteiger partial charge in [-0.05, 0) is 63.9 Å². The third kappa shape index (κ3) is 6.06. The average Bonchev–Trinajstić information content (AvgIpc) is 3.82. The molecule has 4 heterocycles. The van der Waals surface area contributed by atoms with Crippen LogP contribution in [0.5, 0.6) is 0 Å². The average molecular weight is 613 g/mol. The van der Waals surface area contributed by atoms with E-state index in [0.717, 1.165) is 46.8 Å². The van der Waals surface area contributed by atoms with Gasteiger partial charge in [0.2, 0.25) is 5.95 Å². The zero-order valence-electron chi connectivity index (χ0n) is 25.9. The van der Waals surface area contributed by atoms with Crippen LogP contribution in [0.25, 0.3) is 10.9 Å². The Kier molecular flexibility index (Phi) is 7.38. The fourth-order valence-corrected chi connectivity index (χ4v) is 6.39. The Hall–Kier alpha value is -4.94. The minimum Gasteiger partial charge on any atom is -0.444 e. The molecule has 236 valence electrons. The fraction of sp³-hybridized carbons (Fsp3) is 0.438. The minimum absolute atomic E-state index is 0.226. The Balaban J connectivity index is 1.13. The van der Waals surface area contributed by atoms with E-state index in [1.807, 2.05) is 63.5 Å². The van der Waals surface area contributed by atoms with Gasteiger partial charge < -0.3 is 40.4 Å². The smallest absolute Gasteiger partial charge is 0.410 e. The lowest BCUT2D eigenvalue weighted by Crippen LogP contribution is -2.50. The van der Waals surface area contributed by atoms with E-state index in [-0.39, 0.29) is 18.3 Å². The number of amides is 2. The van der Waals surface area contributed by atoms with Crippen molar-refractivity contribution in [1.29, 1.82) is 0 Å². The number of rotatable bonds is 6. The number of hydrogen-bond acceptors (Lipinski definition) is 9. The highest BCUT2D eigenvalue weighted by Crippen LogP contribution is 2.38. The SMILES string of the molecule is CC(C)(C)OC(=O)N1CCN(c2cc3c(cc2C(=O)Nc2ccc4cn[nH]c4c2)NC(Nc2nccn2C2CCCC2)N3)CC1. The standard InChI is InChI=1S/C32H40N10O3/c1-32(2,3)45-31(44)41-14-12-40(13-15-41)27-18-26-25(17-23(27)28(43)35-21-9-8-20-19-34-39-24(20)16-21)36-29(37-26)38-30-33-10-11-42(30)22-6-4-5-7-22/h8-11,16-19,22,29,36-37H,4-7,12-15H2,1-3H3,(H,33,38)(H,34,39)(H,35,43). The highest BCUT2D eigenvalue weighted by atomic mass is 16.6. The molecule has 1 saturated heterocycles. The molecule has 45 heavy (non-hydrogen) atoms. The van der Waals surface area contributed by atoms with Crippen molar-refractivity contribution in [1.82, 2.24) is 24.6 Å². The molecule has 0 spiro atoms. The molecule has 2 amide bonds. The van der Waals surface area contributed by atoms with Gasteiger partial charge in [-0.15, -0.1) is 0 Å². The quantitative estimate of drug-likeness (QED) is 0.193. The first-order valence-corrected chi connectivity index (χ1v) is 15.7. The van der Waals surface area contributed by atoms with Crippen LogP contribution in [0.4, 0.5) is 33.5 Å². The maximum Gasteiger partial charge on any atom is 0.410 e. The van der Waals surface area contributed by atoms with Crippen LogP contribution in [-0.2, 0) is 4.74 Å². The Morgan fingerprint density at radius 2 is 1.76 bits per heavy atom. The molecule has 2 aliphatic heterocycles. The second-order valence-corrected chi connectivity index (χ2v) is 13.0. The normalized spacial score (nSPS) is 18.4. The van der Waals surface area contributed by atoms with Crippen molar-refractivity contribution < 1.29 is 14.3 Å². The van der Waals surface area contributed by atoms with Gasteiger partial charge in [-0.1, -0.05) is 12.8 Å². The van der Waals surface area contributed by atoms with E-state index in [4.69, 9.17) is 4.74 Å². The van der Waals surface area contributed by atoms with Gasteiger partial charge in [0, 0.05) is 55.7 Å². The summed E-state index contributed by atoms with van der Waals surface area (Å²) in [5, 5.41) is 21.6. The number of ether oxygens (including phenoxy) is 1. The van der Waals surface area contributed by atoms with Gasteiger partial charge >= 0.3 is 6.09 Å². The molecule has 2 aromatic heterocycles. The molecule has 1 aliphatic carbocycles. The van der Waals surface area contributed by atoms with Crippen LogP contribution in [0.3, 0.4) is 0 Å². The molecule has 1 saturated carbocycles. The van der Waals surface area contributed by atoms with Gasteiger partial charge in [0.15, 0.2) is 6.29 Å². The number of imidazole rings is 1. The molecule has 5 N–H and O–H groups in total. The molecule has 1 unspecified atom stereocenters. The van der Waals surface area contributed by atoms with Crippen molar-refractivity contribution in [3.63, 3.8) is 0 Å². The minimum atomic E-state index is -0.559. The lowest BCUT2D eigenvalue weighted by atomic mass is 10.1. The lowest BCUT2D eigenvalue weighted by Gasteiger charge is -2.37. The van der Waals surface area contributed by atoms with E-state index in [1.54, 1.807) is 11.1 Å². The molecular weight excluding hydrogens is 572 g/mol. The number of aromatic amines is 1. The van der Waals surface area contributed by atoms with E-state index >= 15 is 0 Å². The van der Waals surface area contributed by atoms with E-state index in [9.17, 15) is 9.59 Å². The van der Waals surface area contributed by atoms with E-state index in [2.05, 4.69) is 45.9 Å². The summed E-state index contributed by atoms with van der Waals surface area (Å²) in [6.07, 6.45) is 9.80. The van der Waals surface area contributed by atoms with E-state index < -0.39 is 5.60 Å². The van der Waals surface area contributed by atoms with Crippen molar-refractivity contribution in [2.24, 2.45) is 0 Å². The molecule has 3 aliphatic rings. The number of nitrogens with zero attached hydrogens (tertiary/aromatic N) is 5. The van der Waals surface area contributed by atoms with Crippen LogP contribution < -0.4 is 26.2 Å². The van der Waals surface area contributed by atoms with Crippen molar-refractivity contribution in [3.8, 4) is 0 Å². The summed E-state index contributed by atoms with van der Waals surface area (Å²) in [6.45, 7) is 7.70. The Morgan fingerprint density at radius 3 is 2.51 bits per heavy atom. The van der Waals surface area contributed by atoms with Gasteiger partial charge in [-0.25, -0.2) is 9.78 Å². The summed E-state index contributed by atoms with van der Waals surface area (Å²) >= 11 is 0. The van der Waals surface area contributed by atoms with E-state index in [0.29, 0.717) is 43.5 Å². The zero-order valence-corrected chi connectivity index (χ0v) is 25.9. The summed E-state index contributed by atoms with van der Waals surface area (Å²) in [4.78, 5) is 35.1. The number of benzene rings is 2. The van der Waals surface area contributed by atoms with Crippen LogP contribution in [0.2, 0.25) is 0 Å². The van der Waals surface area contributed by atoms with Gasteiger partial charge in [-0.3, -0.25) is 9.89 Å². The molecule has 13 heteroatoms. The van der Waals surface area contributed by atoms with Crippen molar-refractivity contribution >= 4 is 51.6 Å². The highest BCUT2D eigenvalue weighted by Gasteiger charge is 2.31. The van der Waals surface area contributed by atoms with Gasteiger partial charge in [0.1, 0.15) is 5.60 Å². The number of aromatic nitrogens is 4. The zero-order chi connectivity index (χ0) is 31.1. The summed E-state index contributed by atoms with van der Waals surface area (Å²) in [5.74, 6) is 0.585. The van der Waals surface area contributed by atoms with Crippen molar-refractivity contribution in [2.45, 2.75) is 64.4 Å². The molecule has 1 atom stereocenters. The Bertz CT molecular complexity index is 1710. The predicted molar refractivity (Wildman–Crippen MR) is 175 cm³/mol. The van der Waals surface area contributed by atoms with Crippen LogP contribution in [0.15, 0.2) is 48.9 Å². The van der Waals surface area contributed by atoms with Crippen LogP contribution in [-0.4, -0.2) is 74.7 Å². The molecule has 7 rings (SSSR count). The van der Waals surface area contributed by atoms with Crippen LogP contribution >= 0.6 is 0 Å². The van der Waals surface area contributed by atoms with Crippen LogP contribution in [0, 0.1) is 0 Å². The first-order valence-electron chi connectivity index (χ1n) is 15.7.